The van der Waals surface area contributed by atoms with Crippen molar-refractivity contribution in [1.29, 1.82) is 0 Å². The lowest BCUT2D eigenvalue weighted by Crippen LogP contribution is -2.25. The maximum atomic E-state index is 5.44. The van der Waals surface area contributed by atoms with E-state index < -0.39 is 0 Å². The number of rotatable bonds is 3. The highest BCUT2D eigenvalue weighted by Gasteiger charge is 2.26. The second-order valence-corrected chi connectivity index (χ2v) is 6.60. The molecule has 4 heterocycles. The Kier molecular flexibility index (Phi) is 3.56. The summed E-state index contributed by atoms with van der Waals surface area (Å²) in [5.41, 5.74) is 1.30. The monoisotopic (exact) mass is 351 g/mol. The molecular weight excluding hydrogens is 334 g/mol. The number of nitrogens with zero attached hydrogens (tertiary/aromatic N) is 5. The standard InChI is InChI=1S/C14H18BrN5O/c15-11-5-17-20(7-11)12-1-2-18(8-12)9-13-6-16-14-10-21-4-3-19(13)14/h5-7,12H,1-4,8-10H2. The SMILES string of the molecule is Brc1cnn(C2CCN(Cc3cnc4n3CCOC4)C2)c1. The molecule has 112 valence electrons. The molecule has 2 aromatic heterocycles. The zero-order valence-electron chi connectivity index (χ0n) is 11.8. The number of aromatic nitrogens is 4. The zero-order valence-corrected chi connectivity index (χ0v) is 13.4. The van der Waals surface area contributed by atoms with Crippen molar-refractivity contribution in [2.24, 2.45) is 0 Å². The van der Waals surface area contributed by atoms with E-state index >= 15 is 0 Å². The Morgan fingerprint density at radius 2 is 2.29 bits per heavy atom. The van der Waals surface area contributed by atoms with E-state index in [1.807, 2.05) is 12.4 Å². The van der Waals surface area contributed by atoms with Crippen LogP contribution in [0.4, 0.5) is 0 Å². The van der Waals surface area contributed by atoms with E-state index in [0.29, 0.717) is 12.6 Å². The van der Waals surface area contributed by atoms with Crippen LogP contribution in [-0.2, 0) is 24.4 Å². The molecule has 1 saturated heterocycles. The predicted octanol–water partition coefficient (Wildman–Crippen LogP) is 1.82. The molecule has 2 aliphatic heterocycles. The first-order chi connectivity index (χ1) is 10.3. The van der Waals surface area contributed by atoms with Crippen LogP contribution < -0.4 is 0 Å². The van der Waals surface area contributed by atoms with Crippen molar-refractivity contribution in [3.8, 4) is 0 Å². The Hall–Kier alpha value is -1.18. The van der Waals surface area contributed by atoms with Crippen molar-refractivity contribution in [3.63, 3.8) is 0 Å². The van der Waals surface area contributed by atoms with Crippen molar-refractivity contribution < 1.29 is 4.74 Å². The fraction of sp³-hybridized carbons (Fsp3) is 0.571. The molecular formula is C14H18BrN5O. The minimum Gasteiger partial charge on any atom is -0.372 e. The number of halogens is 1. The van der Waals surface area contributed by atoms with Crippen LogP contribution in [0.25, 0.3) is 0 Å². The summed E-state index contributed by atoms with van der Waals surface area (Å²) in [6.45, 7) is 5.48. The third kappa shape index (κ3) is 2.65. The van der Waals surface area contributed by atoms with Gasteiger partial charge in [0.25, 0.3) is 0 Å². The average Bonchev–Trinajstić information content (AvgIpc) is 3.20. The molecule has 1 fully saturated rings. The van der Waals surface area contributed by atoms with Gasteiger partial charge in [-0.2, -0.15) is 5.10 Å². The normalized spacial score (nSPS) is 22.6. The highest BCUT2D eigenvalue weighted by molar-refractivity contribution is 9.10. The minimum atomic E-state index is 0.475. The molecule has 21 heavy (non-hydrogen) atoms. The van der Waals surface area contributed by atoms with E-state index in [1.54, 1.807) is 0 Å². The zero-order chi connectivity index (χ0) is 14.2. The Bertz CT molecular complexity index is 637. The first kappa shape index (κ1) is 13.5. The molecule has 1 unspecified atom stereocenters. The maximum absolute atomic E-state index is 5.44. The van der Waals surface area contributed by atoms with Gasteiger partial charge in [-0.05, 0) is 22.4 Å². The van der Waals surface area contributed by atoms with E-state index in [0.717, 1.165) is 49.5 Å². The van der Waals surface area contributed by atoms with Gasteiger partial charge >= 0.3 is 0 Å². The Balaban J connectivity index is 1.43. The largest absolute Gasteiger partial charge is 0.372 e. The van der Waals surface area contributed by atoms with Gasteiger partial charge in [-0.15, -0.1) is 0 Å². The van der Waals surface area contributed by atoms with Gasteiger partial charge in [0, 0.05) is 38.6 Å². The van der Waals surface area contributed by atoms with Crippen LogP contribution in [0.15, 0.2) is 23.1 Å². The van der Waals surface area contributed by atoms with Gasteiger partial charge in [0.15, 0.2) is 0 Å². The molecule has 0 bridgehead atoms. The maximum Gasteiger partial charge on any atom is 0.135 e. The first-order valence-electron chi connectivity index (χ1n) is 7.32. The summed E-state index contributed by atoms with van der Waals surface area (Å²) in [5.74, 6) is 1.06. The highest BCUT2D eigenvalue weighted by Crippen LogP contribution is 2.24. The molecule has 7 heteroatoms. The molecule has 0 radical (unpaired) electrons. The summed E-state index contributed by atoms with van der Waals surface area (Å²) in [5, 5.41) is 4.41. The van der Waals surface area contributed by atoms with Gasteiger partial charge < -0.3 is 9.30 Å². The van der Waals surface area contributed by atoms with Crippen LogP contribution >= 0.6 is 15.9 Å². The lowest BCUT2D eigenvalue weighted by Gasteiger charge is -2.20. The number of imidazole rings is 1. The van der Waals surface area contributed by atoms with E-state index in [4.69, 9.17) is 4.74 Å². The number of ether oxygens (including phenoxy) is 1. The molecule has 0 spiro atoms. The summed E-state index contributed by atoms with van der Waals surface area (Å²) < 4.78 is 10.9. The Morgan fingerprint density at radius 3 is 3.14 bits per heavy atom. The Labute approximate surface area is 131 Å². The third-order valence-corrected chi connectivity index (χ3v) is 4.70. The second kappa shape index (κ2) is 5.55. The molecule has 0 N–H and O–H groups in total. The van der Waals surface area contributed by atoms with E-state index in [1.165, 1.54) is 5.69 Å². The quantitative estimate of drug-likeness (QED) is 0.846. The lowest BCUT2D eigenvalue weighted by atomic mass is 10.3. The van der Waals surface area contributed by atoms with Crippen LogP contribution in [0.2, 0.25) is 0 Å². The summed E-state index contributed by atoms with van der Waals surface area (Å²) >= 11 is 3.46. The molecule has 4 rings (SSSR count). The van der Waals surface area contributed by atoms with Gasteiger partial charge in [0.2, 0.25) is 0 Å². The summed E-state index contributed by atoms with van der Waals surface area (Å²) in [4.78, 5) is 6.95. The van der Waals surface area contributed by atoms with Crippen LogP contribution in [0.1, 0.15) is 24.0 Å². The summed E-state index contributed by atoms with van der Waals surface area (Å²) in [6, 6.07) is 0.475. The summed E-state index contributed by atoms with van der Waals surface area (Å²) in [6.07, 6.45) is 7.07. The molecule has 0 amide bonds. The minimum absolute atomic E-state index is 0.475. The van der Waals surface area contributed by atoms with E-state index in [9.17, 15) is 0 Å². The smallest absolute Gasteiger partial charge is 0.135 e. The van der Waals surface area contributed by atoms with Gasteiger partial charge in [0.1, 0.15) is 12.4 Å². The van der Waals surface area contributed by atoms with Gasteiger partial charge in [-0.3, -0.25) is 9.58 Å². The molecule has 0 aliphatic carbocycles. The van der Waals surface area contributed by atoms with Crippen LogP contribution in [-0.4, -0.2) is 43.9 Å². The molecule has 6 nitrogen and oxygen atoms in total. The second-order valence-electron chi connectivity index (χ2n) is 5.69. The predicted molar refractivity (Wildman–Crippen MR) is 80.7 cm³/mol. The number of hydrogen-bond acceptors (Lipinski definition) is 4. The van der Waals surface area contributed by atoms with Crippen molar-refractivity contribution in [2.45, 2.75) is 32.2 Å². The van der Waals surface area contributed by atoms with Crippen molar-refractivity contribution in [3.05, 3.63) is 34.6 Å². The van der Waals surface area contributed by atoms with Crippen LogP contribution in [0.3, 0.4) is 0 Å². The van der Waals surface area contributed by atoms with Crippen molar-refractivity contribution in [2.75, 3.05) is 19.7 Å². The van der Waals surface area contributed by atoms with E-state index in [-0.39, 0.29) is 0 Å². The Morgan fingerprint density at radius 1 is 1.33 bits per heavy atom. The van der Waals surface area contributed by atoms with E-state index in [2.05, 4.69) is 46.4 Å². The van der Waals surface area contributed by atoms with Crippen molar-refractivity contribution >= 4 is 15.9 Å². The highest BCUT2D eigenvalue weighted by atomic mass is 79.9. The fourth-order valence-electron chi connectivity index (χ4n) is 3.20. The molecule has 1 atom stereocenters. The lowest BCUT2D eigenvalue weighted by molar-refractivity contribution is 0.0798. The topological polar surface area (TPSA) is 48.1 Å². The van der Waals surface area contributed by atoms with Gasteiger partial charge in [0.05, 0.1) is 29.0 Å². The number of hydrogen-bond donors (Lipinski definition) is 0. The van der Waals surface area contributed by atoms with Crippen LogP contribution in [0.5, 0.6) is 0 Å². The average molecular weight is 352 g/mol. The molecule has 2 aromatic rings. The van der Waals surface area contributed by atoms with Gasteiger partial charge in [-0.25, -0.2) is 4.98 Å². The third-order valence-electron chi connectivity index (χ3n) is 4.29. The van der Waals surface area contributed by atoms with Gasteiger partial charge in [-0.1, -0.05) is 0 Å². The fourth-order valence-corrected chi connectivity index (χ4v) is 3.50. The molecule has 0 saturated carbocycles. The summed E-state index contributed by atoms with van der Waals surface area (Å²) in [7, 11) is 0. The van der Waals surface area contributed by atoms with Crippen molar-refractivity contribution in [1.82, 2.24) is 24.2 Å². The molecule has 2 aliphatic rings. The number of fused-ring (bicyclic) bond motifs is 1. The van der Waals surface area contributed by atoms with Crippen LogP contribution in [0, 0.1) is 0 Å². The first-order valence-corrected chi connectivity index (χ1v) is 8.12. The molecule has 0 aromatic carbocycles. The number of likely N-dealkylation sites (tertiary alicyclic amines) is 1.